The lowest BCUT2D eigenvalue weighted by atomic mass is 10.1. The quantitative estimate of drug-likeness (QED) is 0.686. The topological polar surface area (TPSA) is 102 Å². The average Bonchev–Trinajstić information content (AvgIpc) is 2.48. The molecule has 3 rings (SSSR count). The number of hydrogen-bond donors (Lipinski definition) is 1. The highest BCUT2D eigenvalue weighted by atomic mass is 16.4. The summed E-state index contributed by atoms with van der Waals surface area (Å²) in [7, 11) is 0. The first-order valence-corrected chi connectivity index (χ1v) is 5.76. The highest BCUT2D eigenvalue weighted by Gasteiger charge is 2.10. The van der Waals surface area contributed by atoms with E-state index in [0.29, 0.717) is 21.9 Å². The number of carbonyl (C=O) groups is 1. The Balaban J connectivity index is 0.000000497. The molecule has 6 heteroatoms. The summed E-state index contributed by atoms with van der Waals surface area (Å²) in [5.41, 5.74) is 0.695. The molecule has 1 aromatic heterocycles. The predicted molar refractivity (Wildman–Crippen MR) is 72.0 cm³/mol. The number of carbonyl (C=O) groups excluding carboxylic acids is 2. The van der Waals surface area contributed by atoms with Gasteiger partial charge in [0.15, 0.2) is 0 Å². The maximum absolute atomic E-state index is 12.2. The molecule has 0 aliphatic carbocycles. The van der Waals surface area contributed by atoms with Crippen LogP contribution in [0.25, 0.3) is 21.9 Å². The second-order valence-corrected chi connectivity index (χ2v) is 4.03. The van der Waals surface area contributed by atoms with Gasteiger partial charge in [0.2, 0.25) is 5.43 Å². The van der Waals surface area contributed by atoms with Gasteiger partial charge < -0.3 is 9.52 Å². The molecule has 0 atom stereocenters. The second-order valence-electron chi connectivity index (χ2n) is 4.03. The molecule has 0 unspecified atom stereocenters. The monoisotopic (exact) mass is 284 g/mol. The molecule has 0 aliphatic rings. The van der Waals surface area contributed by atoms with Crippen LogP contribution in [0.5, 0.6) is 0 Å². The molecule has 0 saturated carbocycles. The molecular weight excluding hydrogens is 276 g/mol. The van der Waals surface area contributed by atoms with Crippen molar-refractivity contribution in [3.63, 3.8) is 0 Å². The number of hydrogen-bond acceptors (Lipinski definition) is 5. The van der Waals surface area contributed by atoms with Crippen LogP contribution in [0.4, 0.5) is 0 Å². The van der Waals surface area contributed by atoms with Crippen molar-refractivity contribution in [3.05, 3.63) is 58.3 Å². The van der Waals surface area contributed by atoms with E-state index in [-0.39, 0.29) is 17.1 Å². The van der Waals surface area contributed by atoms with E-state index in [1.54, 1.807) is 24.3 Å². The number of para-hydroxylation sites is 1. The lowest BCUT2D eigenvalue weighted by molar-refractivity contribution is -0.191. The fourth-order valence-electron chi connectivity index (χ4n) is 1.93. The van der Waals surface area contributed by atoms with Crippen molar-refractivity contribution < 1.29 is 23.9 Å². The normalized spacial score (nSPS) is 9.71. The van der Waals surface area contributed by atoms with E-state index in [0.717, 1.165) is 0 Å². The summed E-state index contributed by atoms with van der Waals surface area (Å²) in [6.45, 7) is 0. The number of benzene rings is 2. The Morgan fingerprint density at radius 1 is 1.00 bits per heavy atom. The van der Waals surface area contributed by atoms with Gasteiger partial charge in [-0.3, -0.25) is 4.79 Å². The number of aromatic carboxylic acids is 1. The summed E-state index contributed by atoms with van der Waals surface area (Å²) in [6.07, 6.45) is 0.250. The summed E-state index contributed by atoms with van der Waals surface area (Å²) >= 11 is 0. The van der Waals surface area contributed by atoms with Crippen LogP contribution in [0.1, 0.15) is 10.4 Å². The zero-order valence-corrected chi connectivity index (χ0v) is 10.5. The van der Waals surface area contributed by atoms with Crippen molar-refractivity contribution in [2.75, 3.05) is 0 Å². The van der Waals surface area contributed by atoms with Crippen LogP contribution >= 0.6 is 0 Å². The van der Waals surface area contributed by atoms with E-state index in [2.05, 4.69) is 0 Å². The van der Waals surface area contributed by atoms with Crippen molar-refractivity contribution in [2.24, 2.45) is 0 Å². The van der Waals surface area contributed by atoms with E-state index in [9.17, 15) is 9.59 Å². The van der Waals surface area contributed by atoms with Crippen LogP contribution in [0.15, 0.2) is 51.7 Å². The molecule has 21 heavy (non-hydrogen) atoms. The minimum atomic E-state index is -1.05. The number of rotatable bonds is 1. The molecular formula is C15H8O6. The number of fused-ring (bicyclic) bond motifs is 2. The summed E-state index contributed by atoms with van der Waals surface area (Å²) < 4.78 is 5.55. The molecule has 6 nitrogen and oxygen atoms in total. The summed E-state index contributed by atoms with van der Waals surface area (Å²) in [5, 5.41) is 9.79. The van der Waals surface area contributed by atoms with Gasteiger partial charge in [-0.15, -0.1) is 0 Å². The van der Waals surface area contributed by atoms with Crippen molar-refractivity contribution in [3.8, 4) is 0 Å². The van der Waals surface area contributed by atoms with E-state index in [1.807, 2.05) is 0 Å². The van der Waals surface area contributed by atoms with Gasteiger partial charge in [-0.2, -0.15) is 9.59 Å². The van der Waals surface area contributed by atoms with Crippen molar-refractivity contribution in [1.29, 1.82) is 0 Å². The first-order chi connectivity index (χ1) is 10.1. The predicted octanol–water partition coefficient (Wildman–Crippen LogP) is 2.06. The molecule has 1 N–H and O–H groups in total. The molecule has 0 bridgehead atoms. The van der Waals surface area contributed by atoms with E-state index >= 15 is 0 Å². The Morgan fingerprint density at radius 3 is 2.29 bits per heavy atom. The molecule has 0 spiro atoms. The van der Waals surface area contributed by atoms with Gasteiger partial charge in [0.1, 0.15) is 11.2 Å². The van der Waals surface area contributed by atoms with Crippen LogP contribution in [-0.2, 0) is 9.59 Å². The molecule has 0 amide bonds. The third kappa shape index (κ3) is 2.70. The Kier molecular flexibility index (Phi) is 3.92. The largest absolute Gasteiger partial charge is 0.478 e. The number of carboxylic acids is 1. The van der Waals surface area contributed by atoms with Crippen LogP contribution in [0.2, 0.25) is 0 Å². The fourth-order valence-corrected chi connectivity index (χ4v) is 1.93. The van der Waals surface area contributed by atoms with Crippen LogP contribution in [0, 0.1) is 0 Å². The Morgan fingerprint density at radius 2 is 1.62 bits per heavy atom. The summed E-state index contributed by atoms with van der Waals surface area (Å²) in [6, 6.07) is 11.1. The third-order valence-electron chi connectivity index (χ3n) is 2.82. The van der Waals surface area contributed by atoms with Crippen LogP contribution in [-0.4, -0.2) is 17.2 Å². The van der Waals surface area contributed by atoms with Gasteiger partial charge in [0, 0.05) is 0 Å². The maximum Gasteiger partial charge on any atom is 0.373 e. The first-order valence-electron chi connectivity index (χ1n) is 5.76. The third-order valence-corrected chi connectivity index (χ3v) is 2.82. The highest BCUT2D eigenvalue weighted by molar-refractivity contribution is 5.95. The molecule has 104 valence electrons. The van der Waals surface area contributed by atoms with E-state index in [4.69, 9.17) is 19.1 Å². The molecule has 3 aromatic rings. The highest BCUT2D eigenvalue weighted by Crippen LogP contribution is 2.19. The lowest BCUT2D eigenvalue weighted by Gasteiger charge is -2.01. The number of carboxylic acid groups (broad SMARTS) is 1. The van der Waals surface area contributed by atoms with Crippen LogP contribution < -0.4 is 5.43 Å². The molecule has 1 heterocycles. The van der Waals surface area contributed by atoms with E-state index in [1.165, 1.54) is 18.2 Å². The molecule has 0 fully saturated rings. The Labute approximate surface area is 117 Å². The second kappa shape index (κ2) is 5.81. The van der Waals surface area contributed by atoms with Crippen LogP contribution in [0.3, 0.4) is 0 Å². The fraction of sp³-hybridized carbons (Fsp3) is 0. The minimum Gasteiger partial charge on any atom is -0.478 e. The van der Waals surface area contributed by atoms with Crippen molar-refractivity contribution in [1.82, 2.24) is 0 Å². The standard InChI is InChI=1S/C14H8O4.CO2/c15-13-9-3-1-2-4-11(9)18-12-7-8(14(16)17)5-6-10(12)13;2-1-3/h1-7H,(H,16,17);. The molecule has 0 aliphatic heterocycles. The van der Waals surface area contributed by atoms with Crippen molar-refractivity contribution >= 4 is 34.1 Å². The zero-order valence-electron chi connectivity index (χ0n) is 10.5. The van der Waals surface area contributed by atoms with Gasteiger partial charge in [0.25, 0.3) is 0 Å². The van der Waals surface area contributed by atoms with Gasteiger partial charge in [0.05, 0.1) is 16.3 Å². The first kappa shape index (κ1) is 14.2. The van der Waals surface area contributed by atoms with Gasteiger partial charge >= 0.3 is 12.1 Å². The van der Waals surface area contributed by atoms with Gasteiger partial charge in [-0.05, 0) is 30.3 Å². The average molecular weight is 284 g/mol. The summed E-state index contributed by atoms with van der Waals surface area (Å²) in [4.78, 5) is 39.3. The zero-order chi connectivity index (χ0) is 15.4. The Hall–Kier alpha value is -3.24. The van der Waals surface area contributed by atoms with E-state index < -0.39 is 5.97 Å². The molecule has 0 radical (unpaired) electrons. The molecule has 0 saturated heterocycles. The SMILES string of the molecule is O=C(O)c1ccc2c(=O)c3ccccc3oc2c1.O=C=O. The minimum absolute atomic E-state index is 0.0981. The van der Waals surface area contributed by atoms with Gasteiger partial charge in [-0.25, -0.2) is 4.79 Å². The van der Waals surface area contributed by atoms with Crippen molar-refractivity contribution in [2.45, 2.75) is 0 Å². The lowest BCUT2D eigenvalue weighted by Crippen LogP contribution is -2.03. The molecule has 2 aromatic carbocycles. The summed E-state index contributed by atoms with van der Waals surface area (Å²) in [5.74, 6) is -1.05. The maximum atomic E-state index is 12.2. The van der Waals surface area contributed by atoms with Gasteiger partial charge in [-0.1, -0.05) is 12.1 Å². The smallest absolute Gasteiger partial charge is 0.373 e. The Bertz CT molecular complexity index is 916.